The Morgan fingerprint density at radius 2 is 1.59 bits per heavy atom. The van der Waals surface area contributed by atoms with E-state index in [1.807, 2.05) is 0 Å². The molecule has 0 heterocycles. The minimum Gasteiger partial charge on any atom is -0.318 e. The van der Waals surface area contributed by atoms with E-state index in [2.05, 4.69) is 24.3 Å². The molecule has 0 atom stereocenters. The Labute approximate surface area is 106 Å². The van der Waals surface area contributed by atoms with E-state index < -0.39 is 0 Å². The standard InChI is InChI=1S/C15H28N2/c1-16-3-4-17(2)10-15-13-6-11-5-12(8-13)9-14(15)7-11/h11-16H,3-10H2,1-2H3. The van der Waals surface area contributed by atoms with Crippen molar-refractivity contribution in [2.24, 2.45) is 29.6 Å². The summed E-state index contributed by atoms with van der Waals surface area (Å²) in [5, 5.41) is 3.26. The van der Waals surface area contributed by atoms with E-state index in [1.165, 1.54) is 13.1 Å². The van der Waals surface area contributed by atoms with Gasteiger partial charge in [-0.15, -0.1) is 0 Å². The fraction of sp³-hybridized carbons (Fsp3) is 1.00. The minimum absolute atomic E-state index is 1.03. The lowest BCUT2D eigenvalue weighted by Crippen LogP contribution is -2.49. The predicted molar refractivity (Wildman–Crippen MR) is 72.0 cm³/mol. The zero-order chi connectivity index (χ0) is 11.8. The molecular weight excluding hydrogens is 208 g/mol. The molecule has 0 radical (unpaired) electrons. The third-order valence-electron chi connectivity index (χ3n) is 5.69. The summed E-state index contributed by atoms with van der Waals surface area (Å²) in [4.78, 5) is 2.56. The van der Waals surface area contributed by atoms with E-state index in [9.17, 15) is 0 Å². The van der Waals surface area contributed by atoms with Crippen molar-refractivity contribution in [1.29, 1.82) is 0 Å². The molecule has 4 aliphatic rings. The molecule has 4 bridgehead atoms. The van der Waals surface area contributed by atoms with Crippen molar-refractivity contribution in [3.63, 3.8) is 0 Å². The highest BCUT2D eigenvalue weighted by Crippen LogP contribution is 2.56. The summed E-state index contributed by atoms with van der Waals surface area (Å²) in [5.74, 6) is 5.45. The average molecular weight is 236 g/mol. The van der Waals surface area contributed by atoms with Gasteiger partial charge in [0.05, 0.1) is 0 Å². The first-order valence-corrected chi connectivity index (χ1v) is 7.59. The first-order valence-electron chi connectivity index (χ1n) is 7.59. The van der Waals surface area contributed by atoms with Crippen LogP contribution in [0, 0.1) is 29.6 Å². The van der Waals surface area contributed by atoms with Gasteiger partial charge >= 0.3 is 0 Å². The number of nitrogens with one attached hydrogen (secondary N) is 1. The second-order valence-corrected chi connectivity index (χ2v) is 6.96. The van der Waals surface area contributed by atoms with Gasteiger partial charge in [0.15, 0.2) is 0 Å². The maximum Gasteiger partial charge on any atom is 0.0104 e. The number of nitrogens with zero attached hydrogens (tertiary/aromatic N) is 1. The average Bonchev–Trinajstić information content (AvgIpc) is 2.30. The number of likely N-dealkylation sites (N-methyl/N-ethyl adjacent to an activating group) is 2. The highest BCUT2D eigenvalue weighted by Gasteiger charge is 2.47. The summed E-state index contributed by atoms with van der Waals surface area (Å²) in [6.07, 6.45) is 7.85. The zero-order valence-electron chi connectivity index (χ0n) is 11.5. The molecule has 0 unspecified atom stereocenters. The summed E-state index contributed by atoms with van der Waals surface area (Å²) in [6.45, 7) is 3.69. The lowest BCUT2D eigenvalue weighted by atomic mass is 9.52. The quantitative estimate of drug-likeness (QED) is 0.787. The first kappa shape index (κ1) is 12.0. The second kappa shape index (κ2) is 4.89. The Morgan fingerprint density at radius 1 is 1.00 bits per heavy atom. The largest absolute Gasteiger partial charge is 0.318 e. The van der Waals surface area contributed by atoms with Crippen LogP contribution in [0.5, 0.6) is 0 Å². The van der Waals surface area contributed by atoms with Gasteiger partial charge in [-0.05, 0) is 75.8 Å². The van der Waals surface area contributed by atoms with E-state index in [1.54, 1.807) is 32.1 Å². The lowest BCUT2D eigenvalue weighted by Gasteiger charge is -2.55. The molecule has 4 saturated carbocycles. The fourth-order valence-electron chi connectivity index (χ4n) is 5.09. The molecule has 4 fully saturated rings. The van der Waals surface area contributed by atoms with Gasteiger partial charge in [0.2, 0.25) is 0 Å². The first-order chi connectivity index (χ1) is 8.26. The van der Waals surface area contributed by atoms with Crippen molar-refractivity contribution in [2.45, 2.75) is 32.1 Å². The molecule has 17 heavy (non-hydrogen) atoms. The third kappa shape index (κ3) is 2.39. The fourth-order valence-corrected chi connectivity index (χ4v) is 5.09. The smallest absolute Gasteiger partial charge is 0.0104 e. The molecule has 0 saturated heterocycles. The van der Waals surface area contributed by atoms with Gasteiger partial charge in [-0.3, -0.25) is 0 Å². The molecule has 0 aliphatic heterocycles. The van der Waals surface area contributed by atoms with Gasteiger partial charge in [0.25, 0.3) is 0 Å². The van der Waals surface area contributed by atoms with Crippen molar-refractivity contribution in [3.05, 3.63) is 0 Å². The van der Waals surface area contributed by atoms with Crippen LogP contribution in [0.25, 0.3) is 0 Å². The Kier molecular flexibility index (Phi) is 3.45. The maximum absolute atomic E-state index is 3.26. The van der Waals surface area contributed by atoms with Crippen molar-refractivity contribution in [3.8, 4) is 0 Å². The summed E-state index contributed by atoms with van der Waals surface area (Å²) in [6, 6.07) is 0. The Morgan fingerprint density at radius 3 is 2.12 bits per heavy atom. The Bertz CT molecular complexity index is 236. The van der Waals surface area contributed by atoms with Crippen LogP contribution in [0.15, 0.2) is 0 Å². The molecule has 4 rings (SSSR count). The van der Waals surface area contributed by atoms with E-state index >= 15 is 0 Å². The molecule has 98 valence electrons. The van der Waals surface area contributed by atoms with Gasteiger partial charge < -0.3 is 10.2 Å². The highest BCUT2D eigenvalue weighted by molar-refractivity contribution is 4.98. The molecule has 2 heteroatoms. The molecule has 0 aromatic carbocycles. The van der Waals surface area contributed by atoms with E-state index in [0.29, 0.717) is 0 Å². The van der Waals surface area contributed by atoms with Crippen LogP contribution in [0.3, 0.4) is 0 Å². The topological polar surface area (TPSA) is 15.3 Å². The normalized spacial score (nSPS) is 43.6. The molecule has 0 amide bonds. The lowest BCUT2D eigenvalue weighted by molar-refractivity contribution is -0.0464. The maximum atomic E-state index is 3.26. The third-order valence-corrected chi connectivity index (χ3v) is 5.69. The Balaban J connectivity index is 1.57. The predicted octanol–water partition coefficient (Wildman–Crippen LogP) is 2.21. The number of rotatable bonds is 5. The van der Waals surface area contributed by atoms with Crippen LogP contribution in [-0.2, 0) is 0 Å². The number of hydrogen-bond donors (Lipinski definition) is 1. The zero-order valence-corrected chi connectivity index (χ0v) is 11.5. The second-order valence-electron chi connectivity index (χ2n) is 6.96. The van der Waals surface area contributed by atoms with Gasteiger partial charge in [-0.2, -0.15) is 0 Å². The van der Waals surface area contributed by atoms with Crippen LogP contribution in [0.4, 0.5) is 0 Å². The molecular formula is C15H28N2. The van der Waals surface area contributed by atoms with Crippen LogP contribution < -0.4 is 5.32 Å². The highest BCUT2D eigenvalue weighted by atomic mass is 15.1. The van der Waals surface area contributed by atoms with E-state index in [-0.39, 0.29) is 0 Å². The van der Waals surface area contributed by atoms with Gasteiger partial charge in [0, 0.05) is 19.6 Å². The molecule has 1 N–H and O–H groups in total. The molecule has 0 aromatic rings. The van der Waals surface area contributed by atoms with Gasteiger partial charge in [-0.1, -0.05) is 0 Å². The van der Waals surface area contributed by atoms with Crippen LogP contribution in [0.1, 0.15) is 32.1 Å². The van der Waals surface area contributed by atoms with E-state index in [0.717, 1.165) is 36.1 Å². The summed E-state index contributed by atoms with van der Waals surface area (Å²) in [5.41, 5.74) is 0. The van der Waals surface area contributed by atoms with Gasteiger partial charge in [-0.25, -0.2) is 0 Å². The van der Waals surface area contributed by atoms with Crippen molar-refractivity contribution < 1.29 is 0 Å². The molecule has 0 aromatic heterocycles. The Hall–Kier alpha value is -0.0800. The van der Waals surface area contributed by atoms with Crippen molar-refractivity contribution in [2.75, 3.05) is 33.7 Å². The van der Waals surface area contributed by atoms with Crippen molar-refractivity contribution in [1.82, 2.24) is 10.2 Å². The summed E-state index contributed by atoms with van der Waals surface area (Å²) in [7, 11) is 4.36. The molecule has 0 spiro atoms. The van der Waals surface area contributed by atoms with Crippen LogP contribution in [0.2, 0.25) is 0 Å². The summed E-state index contributed by atoms with van der Waals surface area (Å²) >= 11 is 0. The molecule has 2 nitrogen and oxygen atoms in total. The monoisotopic (exact) mass is 236 g/mol. The minimum atomic E-state index is 1.03. The molecule has 4 aliphatic carbocycles. The summed E-state index contributed by atoms with van der Waals surface area (Å²) < 4.78 is 0. The van der Waals surface area contributed by atoms with Crippen molar-refractivity contribution >= 4 is 0 Å². The van der Waals surface area contributed by atoms with E-state index in [4.69, 9.17) is 0 Å². The van der Waals surface area contributed by atoms with Crippen LogP contribution in [-0.4, -0.2) is 38.6 Å². The van der Waals surface area contributed by atoms with Gasteiger partial charge in [0.1, 0.15) is 0 Å². The number of hydrogen-bond acceptors (Lipinski definition) is 2. The SMILES string of the molecule is CNCCN(C)CC1C2CC3CC(C2)CC1C3. The van der Waals surface area contributed by atoms with Crippen LogP contribution >= 0.6 is 0 Å².